The van der Waals surface area contributed by atoms with Crippen molar-refractivity contribution < 1.29 is 29.3 Å². The Balaban J connectivity index is 0.988. The second-order valence-electron chi connectivity index (χ2n) is 26.2. The van der Waals surface area contributed by atoms with Crippen LogP contribution in [0.3, 0.4) is 0 Å². The second kappa shape index (κ2) is 23.1. The van der Waals surface area contributed by atoms with Gasteiger partial charge in [0.05, 0.1) is 23.3 Å². The normalized spacial score (nSPS) is 32.9. The molecule has 2 saturated heterocycles. The highest BCUT2D eigenvalue weighted by atomic mass is 16.6. The van der Waals surface area contributed by atoms with Crippen molar-refractivity contribution in [2.45, 2.75) is 142 Å². The Bertz CT molecular complexity index is 3220. The Morgan fingerprint density at radius 2 is 1.71 bits per heavy atom. The highest BCUT2D eigenvalue weighted by Gasteiger charge is 2.69. The largest absolute Gasteiger partial charge is 0.508 e. The van der Waals surface area contributed by atoms with Crippen LogP contribution in [-0.2, 0) is 45.0 Å². The number of piperidine rings is 1. The number of cyclic esters (lactones) is 1. The molecule has 7 N–H and O–H groups in total. The number of aliphatic hydroxyl groups excluding tert-OH is 1. The zero-order valence-electron chi connectivity index (χ0n) is 48.8. The molecule has 3 saturated carbocycles. The minimum absolute atomic E-state index is 0.0344. The van der Waals surface area contributed by atoms with Gasteiger partial charge in [-0.1, -0.05) is 86.6 Å². The Kier molecular flexibility index (Phi) is 15.6. The number of phenolic OH excluding ortho intramolecular Hbond substituents is 1. The van der Waals surface area contributed by atoms with Gasteiger partial charge in [0.1, 0.15) is 17.3 Å². The lowest BCUT2D eigenvalue weighted by molar-refractivity contribution is -0.135. The molecule has 82 heavy (non-hydrogen) atoms. The van der Waals surface area contributed by atoms with Crippen LogP contribution in [0.1, 0.15) is 137 Å². The van der Waals surface area contributed by atoms with Crippen LogP contribution in [0.5, 0.6) is 5.75 Å². The van der Waals surface area contributed by atoms with E-state index in [9.17, 15) is 10.2 Å². The van der Waals surface area contributed by atoms with Crippen LogP contribution in [0.4, 0.5) is 0 Å². The van der Waals surface area contributed by atoms with E-state index in [4.69, 9.17) is 9.47 Å². The van der Waals surface area contributed by atoms with Crippen molar-refractivity contribution in [3.05, 3.63) is 165 Å². The number of hydrogen-bond donors (Lipinski definition) is 7. The summed E-state index contributed by atoms with van der Waals surface area (Å²) in [7, 11) is 2.09. The number of carbonyl (C=O) groups is 2. The van der Waals surface area contributed by atoms with Gasteiger partial charge in [0.15, 0.2) is 0 Å². The van der Waals surface area contributed by atoms with Crippen molar-refractivity contribution in [2.24, 2.45) is 58.2 Å². The second-order valence-corrected chi connectivity index (χ2v) is 26.2. The lowest BCUT2D eigenvalue weighted by atomic mass is 9.44. The first kappa shape index (κ1) is 55.5. The summed E-state index contributed by atoms with van der Waals surface area (Å²) in [6, 6.07) is 32.3. The Hall–Kier alpha value is -5.66. The number of rotatable bonds is 12. The molecule has 15 rings (SSSR count). The van der Waals surface area contributed by atoms with Crippen LogP contribution in [0.25, 0.3) is 16.7 Å². The molecule has 0 unspecified atom stereocenters. The van der Waals surface area contributed by atoms with E-state index in [0.29, 0.717) is 54.5 Å². The zero-order valence-corrected chi connectivity index (χ0v) is 48.8. The minimum Gasteiger partial charge on any atom is -0.508 e. The standard InChI is InChI=1S/C71H87N5O6/c1-5-28-73-40-47-31-45-24-29-74-39-46-13-10-14-48(33-46)52-17-16-51(78)36-57(52)63-53-22-27-71(61(82-69(80)66(63)71)35-43(6-2)30-44-11-8-7-9-12-44)65-54(53)18-19-56-60(81-68(79)64(56)65)23-26-70-25-21-55(67(50(32-45)34-47)76-38-42(3)77)58(70)20-15-49-41-75-62(72-4)37-59(49)70/h7-14,16-17,23,31-36,42-43,49,53-55,58-59,62,65,67,72-78H,5-6,15,18-22,24-30,37-41H2,1-4H3/b60-23-,61-35-/t42-,43+,49-,53+,54-,55-,58-,59+,62-,65+,67-,70-,71+/m0/s1. The number of phenols is 1. The van der Waals surface area contributed by atoms with Crippen molar-refractivity contribution >= 4 is 17.5 Å². The summed E-state index contributed by atoms with van der Waals surface area (Å²) in [4.78, 5) is 30.7. The topological polar surface area (TPSA) is 153 Å². The maximum absolute atomic E-state index is 15.4. The molecule has 432 valence electrons. The molecule has 6 aliphatic carbocycles. The Morgan fingerprint density at radius 1 is 0.829 bits per heavy atom. The lowest BCUT2D eigenvalue weighted by Crippen LogP contribution is -2.57. The number of nitrogens with one attached hydrogen (secondary N) is 5. The van der Waals surface area contributed by atoms with Gasteiger partial charge in [-0.3, -0.25) is 0 Å². The third kappa shape index (κ3) is 9.86. The van der Waals surface area contributed by atoms with Gasteiger partial charge in [-0.05, 0) is 251 Å². The fourth-order valence-corrected chi connectivity index (χ4v) is 18.3. The van der Waals surface area contributed by atoms with Gasteiger partial charge in [-0.2, -0.15) is 0 Å². The van der Waals surface area contributed by atoms with Gasteiger partial charge < -0.3 is 46.3 Å². The number of hydrogen-bond acceptors (Lipinski definition) is 11. The molecule has 11 aliphatic rings. The highest BCUT2D eigenvalue weighted by molar-refractivity contribution is 6.07. The summed E-state index contributed by atoms with van der Waals surface area (Å²) >= 11 is 0. The molecule has 4 aromatic rings. The van der Waals surface area contributed by atoms with E-state index in [-0.39, 0.29) is 59.0 Å². The number of carbonyl (C=O) groups excluding carboxylic acids is 2. The van der Waals surface area contributed by atoms with Crippen molar-refractivity contribution in [1.82, 2.24) is 26.6 Å². The summed E-state index contributed by atoms with van der Waals surface area (Å²) in [6.45, 7) is 11.1. The fourth-order valence-electron chi connectivity index (χ4n) is 18.3. The van der Waals surface area contributed by atoms with E-state index in [2.05, 4.69) is 132 Å². The zero-order chi connectivity index (χ0) is 56.3. The van der Waals surface area contributed by atoms with Crippen LogP contribution in [0.15, 0.2) is 131 Å². The van der Waals surface area contributed by atoms with Crippen LogP contribution in [-0.4, -0.2) is 67.6 Å². The third-order valence-corrected chi connectivity index (χ3v) is 21.8. The van der Waals surface area contributed by atoms with Crippen molar-refractivity contribution in [1.29, 1.82) is 0 Å². The molecule has 14 bridgehead atoms. The van der Waals surface area contributed by atoms with E-state index in [1.807, 2.05) is 19.1 Å². The van der Waals surface area contributed by atoms with E-state index < -0.39 is 11.5 Å². The molecule has 11 nitrogen and oxygen atoms in total. The van der Waals surface area contributed by atoms with Crippen LogP contribution in [0.2, 0.25) is 0 Å². The molecular formula is C71H87N5O6. The van der Waals surface area contributed by atoms with Crippen molar-refractivity contribution in [2.75, 3.05) is 33.2 Å². The first-order valence-electron chi connectivity index (χ1n) is 31.7. The molecule has 5 aliphatic heterocycles. The van der Waals surface area contributed by atoms with Gasteiger partial charge in [0, 0.05) is 42.7 Å². The predicted molar refractivity (Wildman–Crippen MR) is 322 cm³/mol. The average Bonchev–Trinajstić information content (AvgIpc) is 1.71. The van der Waals surface area contributed by atoms with Gasteiger partial charge >= 0.3 is 11.9 Å². The van der Waals surface area contributed by atoms with Crippen LogP contribution in [0, 0.1) is 58.2 Å². The Labute approximate surface area is 486 Å². The molecule has 5 heterocycles. The predicted octanol–water partition coefficient (Wildman–Crippen LogP) is 11.5. The number of allylic oxidation sites excluding steroid dienone is 5. The van der Waals surface area contributed by atoms with Crippen molar-refractivity contribution in [3.8, 4) is 16.9 Å². The Morgan fingerprint density at radius 3 is 2.54 bits per heavy atom. The number of fused-ring (bicyclic) bond motifs is 6. The first-order valence-corrected chi connectivity index (χ1v) is 31.7. The molecule has 5 fully saturated rings. The molecule has 1 spiro atoms. The fraction of sp³-hybridized carbons (Fsp3) is 0.521. The highest BCUT2D eigenvalue weighted by Crippen LogP contribution is 2.73. The van der Waals surface area contributed by atoms with Gasteiger partial charge in [-0.25, -0.2) is 9.59 Å². The van der Waals surface area contributed by atoms with E-state index in [0.717, 1.165) is 148 Å². The smallest absolute Gasteiger partial charge is 0.340 e. The number of aliphatic hydroxyl groups is 1. The molecule has 11 heteroatoms. The van der Waals surface area contributed by atoms with Crippen LogP contribution < -0.4 is 26.6 Å². The maximum atomic E-state index is 15.4. The summed E-state index contributed by atoms with van der Waals surface area (Å²) in [5, 5.41) is 41.6. The monoisotopic (exact) mass is 1110 g/mol. The lowest BCUT2D eigenvalue weighted by Gasteiger charge is -2.56. The maximum Gasteiger partial charge on any atom is 0.340 e. The SMILES string of the molecule is CCCNCc1cc2cc(c1)[C@H](NC[C@H](C)O)[C@H]1CC[C@@]3(C/C=C4\OC(=O)C5=C4CC[C@H]4[C@H]6CC[C@]7(C(=C6c6cc(O)ccc6-c6cccc(c6)CNCC2)C(=O)O/C7=C\[C@H](CC)Cc2ccccc2)[C@@H]54)[C@@H]2C[C@@H](NC)NC[C@@H]2CC[C@@H]13. The van der Waals surface area contributed by atoms with Crippen molar-refractivity contribution in [3.63, 3.8) is 0 Å². The van der Waals surface area contributed by atoms with Gasteiger partial charge in [0.2, 0.25) is 0 Å². The number of ether oxygens (including phenoxy) is 2. The summed E-state index contributed by atoms with van der Waals surface area (Å²) in [6.07, 6.45) is 17.4. The molecule has 13 atom stereocenters. The quantitative estimate of drug-likeness (QED) is 0.0536. The first-order chi connectivity index (χ1) is 40.0. The number of benzene rings is 4. The summed E-state index contributed by atoms with van der Waals surface area (Å²) < 4.78 is 13.6. The summed E-state index contributed by atoms with van der Waals surface area (Å²) in [5.74, 6) is 2.55. The van der Waals surface area contributed by atoms with Gasteiger partial charge in [0.25, 0.3) is 0 Å². The van der Waals surface area contributed by atoms with E-state index in [1.54, 1.807) is 6.07 Å². The van der Waals surface area contributed by atoms with Gasteiger partial charge in [-0.15, -0.1) is 0 Å². The van der Waals surface area contributed by atoms with E-state index in [1.165, 1.54) is 28.7 Å². The third-order valence-electron chi connectivity index (χ3n) is 21.8. The van der Waals surface area contributed by atoms with E-state index >= 15 is 9.59 Å². The van der Waals surface area contributed by atoms with Crippen LogP contribution >= 0.6 is 0 Å². The number of esters is 2. The molecule has 4 aromatic carbocycles. The molecule has 0 aromatic heterocycles. The minimum atomic E-state index is -0.890. The molecular weight excluding hydrogens is 1020 g/mol. The average molecular weight is 1110 g/mol. The molecule has 0 radical (unpaired) electrons. The number of aromatic hydroxyl groups is 1. The molecule has 0 amide bonds. The summed E-state index contributed by atoms with van der Waals surface area (Å²) in [5.41, 5.74) is 11.7.